The van der Waals surface area contributed by atoms with Gasteiger partial charge in [0.2, 0.25) is 5.91 Å². The van der Waals surface area contributed by atoms with Crippen molar-refractivity contribution >= 4 is 12.0 Å². The van der Waals surface area contributed by atoms with Gasteiger partial charge in [-0.2, -0.15) is 0 Å². The first kappa shape index (κ1) is 19.7. The molecule has 5 heteroatoms. The molecule has 1 atom stereocenters. The molecule has 0 saturated heterocycles. The van der Waals surface area contributed by atoms with Crippen LogP contribution in [0, 0.1) is 5.92 Å². The Bertz CT molecular complexity index is 335. The SMILES string of the molecule is CC(C)CCCC(C)NC(=O)CN(C)C(=O)OC(C)(C)C. The third-order valence-corrected chi connectivity index (χ3v) is 2.91. The predicted octanol–water partition coefficient (Wildman–Crippen LogP) is 3.18. The number of likely N-dealkylation sites (N-methyl/N-ethyl adjacent to an activating group) is 1. The zero-order valence-corrected chi connectivity index (χ0v) is 14.7. The van der Waals surface area contributed by atoms with E-state index in [0.717, 1.165) is 19.3 Å². The van der Waals surface area contributed by atoms with E-state index in [0.29, 0.717) is 5.92 Å². The summed E-state index contributed by atoms with van der Waals surface area (Å²) in [5.41, 5.74) is -0.550. The molecule has 0 saturated carbocycles. The fourth-order valence-electron chi connectivity index (χ4n) is 1.84. The molecule has 0 aromatic rings. The summed E-state index contributed by atoms with van der Waals surface area (Å²) in [6.45, 7) is 11.8. The molecular formula is C16H32N2O3. The van der Waals surface area contributed by atoms with Crippen molar-refractivity contribution in [1.29, 1.82) is 0 Å². The highest BCUT2D eigenvalue weighted by Crippen LogP contribution is 2.09. The Morgan fingerprint density at radius 3 is 2.19 bits per heavy atom. The highest BCUT2D eigenvalue weighted by atomic mass is 16.6. The van der Waals surface area contributed by atoms with Gasteiger partial charge in [-0.15, -0.1) is 0 Å². The summed E-state index contributed by atoms with van der Waals surface area (Å²) in [5.74, 6) is 0.534. The van der Waals surface area contributed by atoms with E-state index in [9.17, 15) is 9.59 Å². The maximum atomic E-state index is 11.9. The second kappa shape index (κ2) is 8.90. The van der Waals surface area contributed by atoms with E-state index < -0.39 is 11.7 Å². The van der Waals surface area contributed by atoms with Crippen LogP contribution < -0.4 is 5.32 Å². The summed E-state index contributed by atoms with van der Waals surface area (Å²) >= 11 is 0. The standard InChI is InChI=1S/C16H32N2O3/c1-12(2)9-8-10-13(3)17-14(19)11-18(7)15(20)21-16(4,5)6/h12-13H,8-11H2,1-7H3,(H,17,19). The van der Waals surface area contributed by atoms with E-state index >= 15 is 0 Å². The third kappa shape index (κ3) is 11.1. The minimum atomic E-state index is -0.550. The molecule has 1 unspecified atom stereocenters. The summed E-state index contributed by atoms with van der Waals surface area (Å²) < 4.78 is 5.20. The van der Waals surface area contributed by atoms with Gasteiger partial charge in [-0.3, -0.25) is 4.79 Å². The van der Waals surface area contributed by atoms with E-state index in [1.165, 1.54) is 4.90 Å². The molecule has 0 rings (SSSR count). The van der Waals surface area contributed by atoms with E-state index in [1.54, 1.807) is 27.8 Å². The lowest BCUT2D eigenvalue weighted by molar-refractivity contribution is -0.122. The van der Waals surface area contributed by atoms with Crippen molar-refractivity contribution in [3.8, 4) is 0 Å². The minimum absolute atomic E-state index is 0.0173. The van der Waals surface area contributed by atoms with Gasteiger partial charge in [0.1, 0.15) is 12.1 Å². The first-order valence-corrected chi connectivity index (χ1v) is 7.74. The Hall–Kier alpha value is -1.26. The summed E-state index contributed by atoms with van der Waals surface area (Å²) in [4.78, 5) is 24.9. The maximum absolute atomic E-state index is 11.9. The summed E-state index contributed by atoms with van der Waals surface area (Å²) in [6, 6.07) is 0.128. The molecule has 0 radical (unpaired) electrons. The number of hydrogen-bond acceptors (Lipinski definition) is 3. The van der Waals surface area contributed by atoms with Crippen LogP contribution in [-0.4, -0.2) is 42.1 Å². The Morgan fingerprint density at radius 2 is 1.71 bits per heavy atom. The van der Waals surface area contributed by atoms with Crippen molar-refractivity contribution < 1.29 is 14.3 Å². The molecule has 0 aliphatic rings. The Labute approximate surface area is 129 Å². The van der Waals surface area contributed by atoms with Crippen molar-refractivity contribution in [3.05, 3.63) is 0 Å². The average molecular weight is 300 g/mol. The van der Waals surface area contributed by atoms with Crippen LogP contribution >= 0.6 is 0 Å². The lowest BCUT2D eigenvalue weighted by atomic mass is 10.0. The van der Waals surface area contributed by atoms with Gasteiger partial charge in [0.15, 0.2) is 0 Å². The van der Waals surface area contributed by atoms with E-state index in [-0.39, 0.29) is 18.5 Å². The molecule has 1 N–H and O–H groups in total. The highest BCUT2D eigenvalue weighted by molar-refractivity contribution is 5.82. The van der Waals surface area contributed by atoms with Crippen LogP contribution in [0.5, 0.6) is 0 Å². The molecule has 0 aliphatic heterocycles. The van der Waals surface area contributed by atoms with Gasteiger partial charge < -0.3 is 15.0 Å². The largest absolute Gasteiger partial charge is 0.444 e. The van der Waals surface area contributed by atoms with Crippen LogP contribution in [0.2, 0.25) is 0 Å². The Morgan fingerprint density at radius 1 is 1.14 bits per heavy atom. The molecule has 0 bridgehead atoms. The quantitative estimate of drug-likeness (QED) is 0.785. The number of rotatable bonds is 7. The normalized spacial score (nSPS) is 13.0. The lowest BCUT2D eigenvalue weighted by Gasteiger charge is -2.24. The van der Waals surface area contributed by atoms with Gasteiger partial charge in [0.05, 0.1) is 0 Å². The smallest absolute Gasteiger partial charge is 0.410 e. The van der Waals surface area contributed by atoms with Crippen LogP contribution in [0.25, 0.3) is 0 Å². The molecule has 0 spiro atoms. The lowest BCUT2D eigenvalue weighted by Crippen LogP contribution is -2.43. The molecule has 0 heterocycles. The number of carbonyl (C=O) groups is 2. The number of hydrogen-bond donors (Lipinski definition) is 1. The molecule has 5 nitrogen and oxygen atoms in total. The second-order valence-corrected chi connectivity index (χ2v) is 7.13. The van der Waals surface area contributed by atoms with Gasteiger partial charge in [-0.25, -0.2) is 4.79 Å². The number of carbonyl (C=O) groups excluding carboxylic acids is 2. The maximum Gasteiger partial charge on any atom is 0.410 e. The molecule has 0 aliphatic carbocycles. The predicted molar refractivity (Wildman–Crippen MR) is 85.2 cm³/mol. The van der Waals surface area contributed by atoms with Gasteiger partial charge in [0, 0.05) is 13.1 Å². The fraction of sp³-hybridized carbons (Fsp3) is 0.875. The fourth-order valence-corrected chi connectivity index (χ4v) is 1.84. The first-order chi connectivity index (χ1) is 9.51. The Balaban J connectivity index is 4.04. The van der Waals surface area contributed by atoms with Crippen molar-refractivity contribution in [2.24, 2.45) is 5.92 Å². The van der Waals surface area contributed by atoms with E-state index in [1.807, 2.05) is 6.92 Å². The second-order valence-electron chi connectivity index (χ2n) is 7.13. The van der Waals surface area contributed by atoms with Gasteiger partial charge >= 0.3 is 6.09 Å². The topological polar surface area (TPSA) is 58.6 Å². The van der Waals surface area contributed by atoms with Gasteiger partial charge in [-0.1, -0.05) is 26.7 Å². The first-order valence-electron chi connectivity index (χ1n) is 7.74. The van der Waals surface area contributed by atoms with Crippen molar-refractivity contribution in [2.75, 3.05) is 13.6 Å². The number of ether oxygens (including phenoxy) is 1. The summed E-state index contributed by atoms with van der Waals surface area (Å²) in [5, 5.41) is 2.91. The van der Waals surface area contributed by atoms with Crippen LogP contribution in [0.3, 0.4) is 0 Å². The number of nitrogens with one attached hydrogen (secondary N) is 1. The third-order valence-electron chi connectivity index (χ3n) is 2.91. The molecule has 124 valence electrons. The van der Waals surface area contributed by atoms with Crippen LogP contribution in [0.1, 0.15) is 60.8 Å². The van der Waals surface area contributed by atoms with E-state index in [2.05, 4.69) is 19.2 Å². The van der Waals surface area contributed by atoms with Crippen LogP contribution in [0.4, 0.5) is 4.79 Å². The van der Waals surface area contributed by atoms with Crippen molar-refractivity contribution in [3.63, 3.8) is 0 Å². The molecule has 0 aromatic carbocycles. The molecule has 21 heavy (non-hydrogen) atoms. The monoisotopic (exact) mass is 300 g/mol. The Kier molecular flexibility index (Phi) is 8.37. The number of nitrogens with zero attached hydrogens (tertiary/aromatic N) is 1. The van der Waals surface area contributed by atoms with Gasteiger partial charge in [0.25, 0.3) is 0 Å². The summed E-state index contributed by atoms with van der Waals surface area (Å²) in [6.07, 6.45) is 2.74. The zero-order chi connectivity index (χ0) is 16.6. The molecule has 2 amide bonds. The minimum Gasteiger partial charge on any atom is -0.444 e. The molecular weight excluding hydrogens is 268 g/mol. The van der Waals surface area contributed by atoms with Crippen LogP contribution in [-0.2, 0) is 9.53 Å². The average Bonchev–Trinajstić information content (AvgIpc) is 2.25. The van der Waals surface area contributed by atoms with Crippen LogP contribution in [0.15, 0.2) is 0 Å². The molecule has 0 fully saturated rings. The summed E-state index contributed by atoms with van der Waals surface area (Å²) in [7, 11) is 1.57. The molecule has 0 aromatic heterocycles. The van der Waals surface area contributed by atoms with E-state index in [4.69, 9.17) is 4.74 Å². The van der Waals surface area contributed by atoms with Crippen molar-refractivity contribution in [1.82, 2.24) is 10.2 Å². The highest BCUT2D eigenvalue weighted by Gasteiger charge is 2.21. The number of amides is 2. The zero-order valence-electron chi connectivity index (χ0n) is 14.7. The van der Waals surface area contributed by atoms with Gasteiger partial charge in [-0.05, 0) is 40.0 Å². The van der Waals surface area contributed by atoms with Crippen molar-refractivity contribution in [2.45, 2.75) is 72.4 Å².